The third kappa shape index (κ3) is 3.08. The van der Waals surface area contributed by atoms with E-state index < -0.39 is 6.10 Å². The molecule has 32 heavy (non-hydrogen) atoms. The average molecular weight is 482 g/mol. The van der Waals surface area contributed by atoms with Crippen LogP contribution >= 0.6 is 34.8 Å². The highest BCUT2D eigenvalue weighted by molar-refractivity contribution is 6.35. The maximum atomic E-state index is 6.70. The highest BCUT2D eigenvalue weighted by Crippen LogP contribution is 2.51. The summed E-state index contributed by atoms with van der Waals surface area (Å²) in [7, 11) is 0. The molecule has 3 heterocycles. The Morgan fingerprint density at radius 2 is 1.75 bits per heavy atom. The Balaban J connectivity index is 1.65. The SMILES string of the molecule is Clc1cccc(C2Oc3ccccc3C3=C2C(c2ccc(Cl)cc2Cl)n2ncnc2N3)c1. The van der Waals surface area contributed by atoms with Crippen molar-refractivity contribution in [2.24, 2.45) is 0 Å². The van der Waals surface area contributed by atoms with Crippen LogP contribution in [-0.2, 0) is 0 Å². The first-order valence-electron chi connectivity index (χ1n) is 9.97. The number of halogens is 3. The Bertz CT molecular complexity index is 1400. The molecule has 0 spiro atoms. The Kier molecular flexibility index (Phi) is 4.65. The Morgan fingerprint density at radius 1 is 0.906 bits per heavy atom. The molecule has 0 amide bonds. The molecule has 0 saturated heterocycles. The van der Waals surface area contributed by atoms with Crippen molar-refractivity contribution in [1.82, 2.24) is 14.8 Å². The molecule has 1 aromatic heterocycles. The van der Waals surface area contributed by atoms with Crippen LogP contribution in [0.15, 0.2) is 78.6 Å². The van der Waals surface area contributed by atoms with Crippen LogP contribution in [0, 0.1) is 0 Å². The highest BCUT2D eigenvalue weighted by Gasteiger charge is 2.41. The standard InChI is InChI=1S/C24H15Cl3N4O/c25-14-5-3-4-13(10-14)23-20-21(17-6-1-2-7-19(17)32-23)30-24-28-12-29-31(24)22(20)16-9-8-15(26)11-18(16)27/h1-12,22-23H,(H,28,29,30). The quantitative estimate of drug-likeness (QED) is 0.342. The van der Waals surface area contributed by atoms with Gasteiger partial charge in [-0.1, -0.05) is 65.1 Å². The lowest BCUT2D eigenvalue weighted by molar-refractivity contribution is 0.223. The van der Waals surface area contributed by atoms with Crippen LogP contribution < -0.4 is 10.1 Å². The number of anilines is 1. The minimum absolute atomic E-state index is 0.356. The summed E-state index contributed by atoms with van der Waals surface area (Å²) in [5.41, 5.74) is 4.62. The smallest absolute Gasteiger partial charge is 0.226 e. The summed E-state index contributed by atoms with van der Waals surface area (Å²) in [6.07, 6.45) is 1.11. The van der Waals surface area contributed by atoms with Crippen molar-refractivity contribution in [2.75, 3.05) is 5.32 Å². The van der Waals surface area contributed by atoms with E-state index in [0.717, 1.165) is 33.7 Å². The molecule has 6 rings (SSSR count). The fourth-order valence-electron chi connectivity index (χ4n) is 4.38. The topological polar surface area (TPSA) is 52.0 Å². The van der Waals surface area contributed by atoms with Gasteiger partial charge in [-0.3, -0.25) is 0 Å². The molecule has 2 unspecified atom stereocenters. The molecule has 0 saturated carbocycles. The average Bonchev–Trinajstić information content (AvgIpc) is 3.26. The van der Waals surface area contributed by atoms with E-state index in [4.69, 9.17) is 39.5 Å². The second kappa shape index (κ2) is 7.55. The first-order valence-corrected chi connectivity index (χ1v) is 11.1. The molecule has 5 nitrogen and oxygen atoms in total. The van der Waals surface area contributed by atoms with Crippen molar-refractivity contribution in [2.45, 2.75) is 12.1 Å². The summed E-state index contributed by atoms with van der Waals surface area (Å²) >= 11 is 19.2. The van der Waals surface area contributed by atoms with Crippen LogP contribution in [0.2, 0.25) is 15.1 Å². The second-order valence-electron chi connectivity index (χ2n) is 7.60. The molecule has 1 N–H and O–H groups in total. The zero-order valence-corrected chi connectivity index (χ0v) is 18.7. The van der Waals surface area contributed by atoms with Crippen LogP contribution in [0.25, 0.3) is 5.70 Å². The number of aromatic nitrogens is 3. The third-order valence-corrected chi connectivity index (χ3v) is 6.53. The van der Waals surface area contributed by atoms with Crippen molar-refractivity contribution in [1.29, 1.82) is 0 Å². The molecule has 8 heteroatoms. The minimum atomic E-state index is -0.416. The third-order valence-electron chi connectivity index (χ3n) is 5.73. The van der Waals surface area contributed by atoms with Gasteiger partial charge in [0.2, 0.25) is 5.95 Å². The van der Waals surface area contributed by atoms with Crippen molar-refractivity contribution in [3.63, 3.8) is 0 Å². The number of rotatable bonds is 2. The first kappa shape index (κ1) is 19.7. The lowest BCUT2D eigenvalue weighted by atomic mass is 9.84. The lowest BCUT2D eigenvalue weighted by Crippen LogP contribution is -2.32. The van der Waals surface area contributed by atoms with E-state index >= 15 is 0 Å². The van der Waals surface area contributed by atoms with Gasteiger partial charge in [0.25, 0.3) is 0 Å². The fraction of sp³-hybridized carbons (Fsp3) is 0.0833. The molecule has 0 radical (unpaired) electrons. The number of benzene rings is 3. The number of para-hydroxylation sites is 1. The van der Waals surface area contributed by atoms with Gasteiger partial charge in [0.05, 0.1) is 5.70 Å². The van der Waals surface area contributed by atoms with E-state index in [1.165, 1.54) is 6.33 Å². The molecular formula is C24H15Cl3N4O. The van der Waals surface area contributed by atoms with Gasteiger partial charge in [-0.25, -0.2) is 4.68 Å². The minimum Gasteiger partial charge on any atom is -0.480 e. The molecular weight excluding hydrogens is 467 g/mol. The van der Waals surface area contributed by atoms with E-state index in [0.29, 0.717) is 21.0 Å². The van der Waals surface area contributed by atoms with Crippen molar-refractivity contribution < 1.29 is 4.74 Å². The van der Waals surface area contributed by atoms with Gasteiger partial charge in [0.15, 0.2) is 0 Å². The second-order valence-corrected chi connectivity index (χ2v) is 8.88. The molecule has 0 fully saturated rings. The maximum Gasteiger partial charge on any atom is 0.226 e. The van der Waals surface area contributed by atoms with Gasteiger partial charge in [0, 0.05) is 26.2 Å². The summed E-state index contributed by atoms with van der Waals surface area (Å²) in [6.45, 7) is 0. The van der Waals surface area contributed by atoms with E-state index in [1.807, 2.05) is 65.3 Å². The monoisotopic (exact) mass is 480 g/mol. The number of hydrogen-bond donors (Lipinski definition) is 1. The summed E-state index contributed by atoms with van der Waals surface area (Å²) < 4.78 is 8.38. The van der Waals surface area contributed by atoms with Crippen molar-refractivity contribution in [3.05, 3.63) is 110 Å². The molecule has 3 aromatic carbocycles. The van der Waals surface area contributed by atoms with E-state index in [2.05, 4.69) is 15.4 Å². The predicted octanol–water partition coefficient (Wildman–Crippen LogP) is 6.80. The molecule has 0 bridgehead atoms. The molecule has 2 aliphatic heterocycles. The predicted molar refractivity (Wildman–Crippen MR) is 126 cm³/mol. The number of nitrogens with one attached hydrogen (secondary N) is 1. The molecule has 2 aliphatic rings. The van der Waals surface area contributed by atoms with E-state index in [1.54, 1.807) is 6.07 Å². The van der Waals surface area contributed by atoms with Gasteiger partial charge in [-0.15, -0.1) is 0 Å². The van der Waals surface area contributed by atoms with Crippen LogP contribution in [-0.4, -0.2) is 14.8 Å². The zero-order chi connectivity index (χ0) is 21.8. The maximum absolute atomic E-state index is 6.70. The largest absolute Gasteiger partial charge is 0.480 e. The Labute approximate surface area is 199 Å². The molecule has 2 atom stereocenters. The fourth-order valence-corrected chi connectivity index (χ4v) is 5.10. The highest BCUT2D eigenvalue weighted by atomic mass is 35.5. The summed E-state index contributed by atoms with van der Waals surface area (Å²) in [5, 5.41) is 9.72. The molecule has 0 aliphatic carbocycles. The molecule has 4 aromatic rings. The summed E-state index contributed by atoms with van der Waals surface area (Å²) in [5.74, 6) is 1.40. The Morgan fingerprint density at radius 3 is 2.59 bits per heavy atom. The van der Waals surface area contributed by atoms with Gasteiger partial charge >= 0.3 is 0 Å². The van der Waals surface area contributed by atoms with E-state index in [9.17, 15) is 0 Å². The van der Waals surface area contributed by atoms with E-state index in [-0.39, 0.29) is 6.04 Å². The first-order chi connectivity index (χ1) is 15.6. The van der Waals surface area contributed by atoms with Gasteiger partial charge < -0.3 is 10.1 Å². The lowest BCUT2D eigenvalue weighted by Gasteiger charge is -2.39. The van der Waals surface area contributed by atoms with Crippen LogP contribution in [0.1, 0.15) is 28.8 Å². The number of hydrogen-bond acceptors (Lipinski definition) is 4. The number of fused-ring (bicyclic) bond motifs is 3. The summed E-state index contributed by atoms with van der Waals surface area (Å²) in [4.78, 5) is 4.43. The number of ether oxygens (including phenoxy) is 1. The Hall–Kier alpha value is -2.99. The van der Waals surface area contributed by atoms with Gasteiger partial charge in [0.1, 0.15) is 24.2 Å². The zero-order valence-electron chi connectivity index (χ0n) is 16.5. The van der Waals surface area contributed by atoms with Crippen molar-refractivity contribution in [3.8, 4) is 5.75 Å². The van der Waals surface area contributed by atoms with Crippen LogP contribution in [0.3, 0.4) is 0 Å². The molecule has 158 valence electrons. The van der Waals surface area contributed by atoms with Crippen LogP contribution in [0.5, 0.6) is 5.75 Å². The normalized spacial score (nSPS) is 18.8. The van der Waals surface area contributed by atoms with Crippen LogP contribution in [0.4, 0.5) is 5.95 Å². The number of nitrogens with zero attached hydrogens (tertiary/aromatic N) is 3. The van der Waals surface area contributed by atoms with Gasteiger partial charge in [-0.2, -0.15) is 10.1 Å². The van der Waals surface area contributed by atoms with Crippen molar-refractivity contribution >= 4 is 46.4 Å². The summed E-state index contributed by atoms with van der Waals surface area (Å²) in [6, 6.07) is 20.8. The van der Waals surface area contributed by atoms with Gasteiger partial charge in [-0.05, 0) is 47.5 Å².